The van der Waals surface area contributed by atoms with Crippen molar-refractivity contribution in [2.45, 2.75) is 0 Å². The first-order valence-corrected chi connectivity index (χ1v) is 2.55. The summed E-state index contributed by atoms with van der Waals surface area (Å²) in [5.74, 6) is -0.872. The van der Waals surface area contributed by atoms with Gasteiger partial charge in [0.25, 0.3) is 0 Å². The Labute approximate surface area is 63.3 Å². The van der Waals surface area contributed by atoms with Gasteiger partial charge in [-0.1, -0.05) is 0 Å². The lowest BCUT2D eigenvalue weighted by Crippen LogP contribution is -2.14. The summed E-state index contributed by atoms with van der Waals surface area (Å²) in [5.41, 5.74) is 4.16. The molecule has 0 bridgehead atoms. The molecular weight excluding hydrogens is 146 g/mol. The van der Waals surface area contributed by atoms with E-state index in [1.54, 1.807) is 0 Å². The third kappa shape index (κ3) is 1.99. The Morgan fingerprint density at radius 2 is 1.91 bits per heavy atom. The van der Waals surface area contributed by atoms with Crippen molar-refractivity contribution in [3.63, 3.8) is 0 Å². The van der Waals surface area contributed by atoms with Gasteiger partial charge >= 0.3 is 5.97 Å². The van der Waals surface area contributed by atoms with Crippen LogP contribution in [0.5, 0.6) is 0 Å². The first-order valence-electron chi connectivity index (χ1n) is 2.55. The van der Waals surface area contributed by atoms with E-state index in [0.29, 0.717) is 0 Å². The van der Waals surface area contributed by atoms with Crippen molar-refractivity contribution < 1.29 is 9.53 Å². The van der Waals surface area contributed by atoms with Crippen LogP contribution in [0, 0.1) is 22.7 Å². The second-order valence-corrected chi connectivity index (χ2v) is 1.50. The normalized spacial score (nSPS) is 7.18. The molecule has 56 valence electrons. The van der Waals surface area contributed by atoms with Crippen LogP contribution in [-0.2, 0) is 9.53 Å². The molecule has 0 saturated carbocycles. The number of carbonyl (C=O) groups excluding carboxylic acids is 1. The topological polar surface area (TPSA) is 99.9 Å². The predicted molar refractivity (Wildman–Crippen MR) is 34.5 cm³/mol. The Hall–Kier alpha value is -2.01. The minimum absolute atomic E-state index is 0.433. The van der Waals surface area contributed by atoms with Crippen molar-refractivity contribution in [2.24, 2.45) is 5.73 Å². The summed E-state index contributed by atoms with van der Waals surface area (Å²) in [6.45, 7) is 0. The van der Waals surface area contributed by atoms with E-state index in [-0.39, 0.29) is 0 Å². The lowest BCUT2D eigenvalue weighted by molar-refractivity contribution is -0.136. The Morgan fingerprint density at radius 1 is 1.45 bits per heavy atom. The van der Waals surface area contributed by atoms with E-state index in [1.165, 1.54) is 12.1 Å². The van der Waals surface area contributed by atoms with Crippen LogP contribution < -0.4 is 5.73 Å². The fourth-order valence-corrected chi connectivity index (χ4v) is 0.357. The summed E-state index contributed by atoms with van der Waals surface area (Å²) in [5, 5.41) is 16.4. The summed E-state index contributed by atoms with van der Waals surface area (Å²) in [6.07, 6.45) is 0. The number of hydrogen-bond acceptors (Lipinski definition) is 5. The number of nitrogens with two attached hydrogens (primary N) is 1. The van der Waals surface area contributed by atoms with Crippen molar-refractivity contribution in [3.05, 3.63) is 11.3 Å². The average molecular weight is 151 g/mol. The van der Waals surface area contributed by atoms with Crippen molar-refractivity contribution in [1.29, 1.82) is 10.5 Å². The zero-order valence-corrected chi connectivity index (χ0v) is 5.79. The van der Waals surface area contributed by atoms with Crippen LogP contribution in [0.25, 0.3) is 0 Å². The van der Waals surface area contributed by atoms with Gasteiger partial charge in [0.2, 0.25) is 0 Å². The van der Waals surface area contributed by atoms with E-state index in [9.17, 15) is 4.79 Å². The second kappa shape index (κ2) is 3.91. The average Bonchev–Trinajstić information content (AvgIpc) is 2.05. The molecule has 0 amide bonds. The Bertz CT molecular complexity index is 263. The third-order valence-corrected chi connectivity index (χ3v) is 0.898. The number of methoxy groups -OCH3 is 1. The SMILES string of the molecule is COC(=O)C(N)=C(C#N)C#N. The van der Waals surface area contributed by atoms with E-state index in [0.717, 1.165) is 7.11 Å². The quantitative estimate of drug-likeness (QED) is 0.307. The largest absolute Gasteiger partial charge is 0.464 e. The zero-order valence-electron chi connectivity index (χ0n) is 5.79. The van der Waals surface area contributed by atoms with E-state index < -0.39 is 17.2 Å². The van der Waals surface area contributed by atoms with Crippen LogP contribution in [0.3, 0.4) is 0 Å². The van der Waals surface area contributed by atoms with Crippen molar-refractivity contribution in [2.75, 3.05) is 7.11 Å². The van der Waals surface area contributed by atoms with Gasteiger partial charge in [0.1, 0.15) is 17.8 Å². The number of nitrogens with zero attached hydrogens (tertiary/aromatic N) is 2. The van der Waals surface area contributed by atoms with Crippen molar-refractivity contribution in [3.8, 4) is 12.1 Å². The molecule has 0 unspecified atom stereocenters. The van der Waals surface area contributed by atoms with Gasteiger partial charge in [-0.3, -0.25) is 0 Å². The molecule has 0 aromatic rings. The van der Waals surface area contributed by atoms with Gasteiger partial charge in [-0.25, -0.2) is 4.79 Å². The maximum Gasteiger partial charge on any atom is 0.356 e. The molecule has 5 nitrogen and oxygen atoms in total. The highest BCUT2D eigenvalue weighted by Gasteiger charge is 2.10. The monoisotopic (exact) mass is 151 g/mol. The molecule has 0 saturated heterocycles. The number of rotatable bonds is 1. The molecule has 0 spiro atoms. The summed E-state index contributed by atoms with van der Waals surface area (Å²) in [7, 11) is 1.11. The summed E-state index contributed by atoms with van der Waals surface area (Å²) < 4.78 is 4.17. The molecule has 2 N–H and O–H groups in total. The summed E-state index contributed by atoms with van der Waals surface area (Å²) in [4.78, 5) is 10.6. The lowest BCUT2D eigenvalue weighted by Gasteiger charge is -1.95. The van der Waals surface area contributed by atoms with Gasteiger partial charge in [-0.15, -0.1) is 0 Å². The Kier molecular flexibility index (Phi) is 3.20. The summed E-state index contributed by atoms with van der Waals surface area (Å²) >= 11 is 0. The third-order valence-electron chi connectivity index (χ3n) is 0.898. The first kappa shape index (κ1) is 8.99. The number of carbonyl (C=O) groups is 1. The fourth-order valence-electron chi connectivity index (χ4n) is 0.357. The zero-order chi connectivity index (χ0) is 8.85. The van der Waals surface area contributed by atoms with Crippen LogP contribution in [0.2, 0.25) is 0 Å². The van der Waals surface area contributed by atoms with Gasteiger partial charge in [0.05, 0.1) is 7.11 Å². The molecule has 11 heavy (non-hydrogen) atoms. The van der Waals surface area contributed by atoms with Crippen molar-refractivity contribution in [1.82, 2.24) is 0 Å². The first-order chi connectivity index (χ1) is 5.17. The van der Waals surface area contributed by atoms with Crippen LogP contribution in [-0.4, -0.2) is 13.1 Å². The molecule has 0 atom stereocenters. The van der Waals surface area contributed by atoms with Crippen LogP contribution >= 0.6 is 0 Å². The molecule has 0 aliphatic rings. The highest BCUT2D eigenvalue weighted by molar-refractivity contribution is 5.89. The molecular formula is C6H5N3O2. The standard InChI is InChI=1S/C6H5N3O2/c1-11-6(10)5(9)4(2-7)3-8/h9H2,1H3. The minimum atomic E-state index is -0.872. The predicted octanol–water partition coefficient (Wildman–Crippen LogP) is -0.581. The molecule has 0 rings (SSSR count). The summed E-state index contributed by atoms with van der Waals surface area (Å²) in [6, 6.07) is 2.92. The highest BCUT2D eigenvalue weighted by Crippen LogP contribution is 1.96. The molecule has 0 aliphatic heterocycles. The highest BCUT2D eigenvalue weighted by atomic mass is 16.5. The van der Waals surface area contributed by atoms with E-state index in [4.69, 9.17) is 16.3 Å². The van der Waals surface area contributed by atoms with Crippen LogP contribution in [0.15, 0.2) is 11.3 Å². The van der Waals surface area contributed by atoms with Gasteiger partial charge < -0.3 is 10.5 Å². The molecule has 0 fully saturated rings. The second-order valence-electron chi connectivity index (χ2n) is 1.50. The number of hydrogen-bond donors (Lipinski definition) is 1. The van der Waals surface area contributed by atoms with Crippen molar-refractivity contribution >= 4 is 5.97 Å². The number of ether oxygens (including phenoxy) is 1. The number of esters is 1. The molecule has 0 aliphatic carbocycles. The van der Waals surface area contributed by atoms with Gasteiger partial charge in [0, 0.05) is 0 Å². The van der Waals surface area contributed by atoms with E-state index in [2.05, 4.69) is 4.74 Å². The van der Waals surface area contributed by atoms with Crippen LogP contribution in [0.4, 0.5) is 0 Å². The fraction of sp³-hybridized carbons (Fsp3) is 0.167. The smallest absolute Gasteiger partial charge is 0.356 e. The van der Waals surface area contributed by atoms with E-state index >= 15 is 0 Å². The Balaban J connectivity index is 4.84. The van der Waals surface area contributed by atoms with E-state index in [1.807, 2.05) is 0 Å². The van der Waals surface area contributed by atoms with Gasteiger partial charge in [0.15, 0.2) is 5.57 Å². The molecule has 0 aromatic carbocycles. The molecule has 0 heterocycles. The van der Waals surface area contributed by atoms with Gasteiger partial charge in [-0.05, 0) is 0 Å². The number of nitriles is 2. The molecule has 0 aromatic heterocycles. The Morgan fingerprint density at radius 3 is 2.18 bits per heavy atom. The number of allylic oxidation sites excluding steroid dienone is 1. The maximum absolute atomic E-state index is 10.6. The maximum atomic E-state index is 10.6. The minimum Gasteiger partial charge on any atom is -0.464 e. The van der Waals surface area contributed by atoms with Crippen LogP contribution in [0.1, 0.15) is 0 Å². The molecule has 5 heteroatoms. The lowest BCUT2D eigenvalue weighted by atomic mass is 10.2. The molecule has 0 radical (unpaired) electrons. The van der Waals surface area contributed by atoms with Gasteiger partial charge in [-0.2, -0.15) is 10.5 Å².